The molecule has 2 bridgehead atoms. The van der Waals surface area contributed by atoms with Gasteiger partial charge >= 0.3 is 5.69 Å². The van der Waals surface area contributed by atoms with E-state index in [0.717, 1.165) is 32.2 Å². The molecule has 2 atom stereocenters. The molecule has 0 amide bonds. The zero-order valence-electron chi connectivity index (χ0n) is 16.1. The van der Waals surface area contributed by atoms with Gasteiger partial charge in [0, 0.05) is 32.8 Å². The number of hydrogen-bond acceptors (Lipinski definition) is 7. The number of rotatable bonds is 7. The first kappa shape index (κ1) is 18.8. The fraction of sp³-hybridized carbons (Fsp3) is 0.778. The molecule has 0 radical (unpaired) electrons. The number of nitrogens with zero attached hydrogens (tertiary/aromatic N) is 4. The van der Waals surface area contributed by atoms with Crippen LogP contribution < -0.4 is 10.2 Å². The van der Waals surface area contributed by atoms with Gasteiger partial charge < -0.3 is 15.0 Å². The van der Waals surface area contributed by atoms with Crippen LogP contribution in [0.1, 0.15) is 46.5 Å². The monoisotopic (exact) mass is 363 g/mol. The summed E-state index contributed by atoms with van der Waals surface area (Å²) in [6.45, 7) is 8.84. The van der Waals surface area contributed by atoms with Gasteiger partial charge in [-0.3, -0.25) is 10.1 Å². The van der Waals surface area contributed by atoms with E-state index in [-0.39, 0.29) is 21.4 Å². The average Bonchev–Trinajstić information content (AvgIpc) is 2.80. The standard InChI is InChI=1S/C18H29N5O3/c1-17(2)8-13-9-18(3,10-17)11-22(13)16-14(23(24)25)15(20-12-21-16)19-6-5-7-26-4/h12-13H,5-11H2,1-4H3,(H,19,20,21). The molecule has 144 valence electrons. The predicted molar refractivity (Wildman–Crippen MR) is 101 cm³/mol. The van der Waals surface area contributed by atoms with Crippen molar-refractivity contribution in [2.75, 3.05) is 37.0 Å². The van der Waals surface area contributed by atoms with E-state index < -0.39 is 0 Å². The van der Waals surface area contributed by atoms with Crippen molar-refractivity contribution in [2.45, 2.75) is 52.5 Å². The van der Waals surface area contributed by atoms with Gasteiger partial charge in [-0.25, -0.2) is 9.97 Å². The van der Waals surface area contributed by atoms with Crippen LogP contribution in [0, 0.1) is 20.9 Å². The zero-order valence-corrected chi connectivity index (χ0v) is 16.1. The second-order valence-corrected chi connectivity index (χ2v) is 8.77. The quantitative estimate of drug-likeness (QED) is 0.451. The summed E-state index contributed by atoms with van der Waals surface area (Å²) in [5.74, 6) is 0.743. The SMILES string of the molecule is COCCCNc1ncnc(N2CC3(C)CC2CC(C)(C)C3)c1[N+](=O)[O-]. The van der Waals surface area contributed by atoms with Gasteiger partial charge in [0.15, 0.2) is 0 Å². The molecule has 1 saturated carbocycles. The molecule has 3 rings (SSSR count). The number of methoxy groups -OCH3 is 1. The van der Waals surface area contributed by atoms with Crippen molar-refractivity contribution >= 4 is 17.3 Å². The molecule has 2 unspecified atom stereocenters. The lowest BCUT2D eigenvalue weighted by Crippen LogP contribution is -2.35. The van der Waals surface area contributed by atoms with Crippen LogP contribution in [0.4, 0.5) is 17.3 Å². The lowest BCUT2D eigenvalue weighted by Gasteiger charge is -2.39. The topological polar surface area (TPSA) is 93.4 Å². The van der Waals surface area contributed by atoms with Crippen LogP contribution in [0.15, 0.2) is 6.33 Å². The number of ether oxygens (including phenoxy) is 1. The maximum atomic E-state index is 11.8. The van der Waals surface area contributed by atoms with E-state index in [1.807, 2.05) is 0 Å². The van der Waals surface area contributed by atoms with E-state index in [1.54, 1.807) is 7.11 Å². The molecule has 1 N–H and O–H groups in total. The summed E-state index contributed by atoms with van der Waals surface area (Å²) < 4.78 is 5.03. The molecule has 8 heteroatoms. The number of hydrogen-bond donors (Lipinski definition) is 1. The van der Waals surface area contributed by atoms with Crippen molar-refractivity contribution in [1.82, 2.24) is 9.97 Å². The third-order valence-corrected chi connectivity index (χ3v) is 5.49. The zero-order chi connectivity index (χ0) is 18.9. The van der Waals surface area contributed by atoms with Crippen LogP contribution in [0.2, 0.25) is 0 Å². The van der Waals surface area contributed by atoms with Gasteiger partial charge in [-0.1, -0.05) is 20.8 Å². The molecule has 8 nitrogen and oxygen atoms in total. The van der Waals surface area contributed by atoms with Crippen molar-refractivity contribution in [1.29, 1.82) is 0 Å². The Morgan fingerprint density at radius 2 is 2.15 bits per heavy atom. The molecule has 1 aromatic heterocycles. The normalized spacial score (nSPS) is 26.8. The Balaban J connectivity index is 1.89. The largest absolute Gasteiger partial charge is 0.385 e. The van der Waals surface area contributed by atoms with Crippen LogP contribution >= 0.6 is 0 Å². The Morgan fingerprint density at radius 3 is 2.85 bits per heavy atom. The maximum Gasteiger partial charge on any atom is 0.353 e. The van der Waals surface area contributed by atoms with Crippen LogP contribution in [0.25, 0.3) is 0 Å². The average molecular weight is 363 g/mol. The fourth-order valence-electron chi connectivity index (χ4n) is 5.01. The Bertz CT molecular complexity index is 681. The second kappa shape index (κ2) is 6.98. The van der Waals surface area contributed by atoms with E-state index in [0.29, 0.717) is 30.8 Å². The number of nitrogens with one attached hydrogen (secondary N) is 1. The van der Waals surface area contributed by atoms with Crippen LogP contribution in [0.3, 0.4) is 0 Å². The Kier molecular flexibility index (Phi) is 5.05. The van der Waals surface area contributed by atoms with E-state index in [2.05, 4.69) is 41.0 Å². The highest BCUT2D eigenvalue weighted by Gasteiger charge is 2.51. The van der Waals surface area contributed by atoms with E-state index in [4.69, 9.17) is 4.74 Å². The van der Waals surface area contributed by atoms with Gasteiger partial charge in [-0.15, -0.1) is 0 Å². The van der Waals surface area contributed by atoms with Crippen molar-refractivity contribution in [3.05, 3.63) is 16.4 Å². The first-order valence-electron chi connectivity index (χ1n) is 9.24. The fourth-order valence-corrected chi connectivity index (χ4v) is 5.01. The highest BCUT2D eigenvalue weighted by molar-refractivity contribution is 5.71. The minimum Gasteiger partial charge on any atom is -0.385 e. The summed E-state index contributed by atoms with van der Waals surface area (Å²) in [6, 6.07) is 0.290. The highest BCUT2D eigenvalue weighted by Crippen LogP contribution is 2.54. The molecule has 2 aliphatic rings. The molecular weight excluding hydrogens is 334 g/mol. The molecule has 2 heterocycles. The van der Waals surface area contributed by atoms with E-state index in [9.17, 15) is 10.1 Å². The van der Waals surface area contributed by atoms with Gasteiger partial charge in [-0.05, 0) is 36.5 Å². The number of fused-ring (bicyclic) bond motifs is 2. The second-order valence-electron chi connectivity index (χ2n) is 8.77. The van der Waals surface area contributed by atoms with Crippen molar-refractivity contribution in [3.63, 3.8) is 0 Å². The van der Waals surface area contributed by atoms with Crippen LogP contribution in [-0.4, -0.2) is 47.7 Å². The van der Waals surface area contributed by atoms with Gasteiger partial charge in [0.2, 0.25) is 11.6 Å². The molecule has 2 fully saturated rings. The molecule has 1 aliphatic carbocycles. The molecule has 1 aromatic rings. The van der Waals surface area contributed by atoms with Gasteiger partial charge in [0.05, 0.1) is 4.92 Å². The van der Waals surface area contributed by atoms with Crippen LogP contribution in [0.5, 0.6) is 0 Å². The molecule has 26 heavy (non-hydrogen) atoms. The summed E-state index contributed by atoms with van der Waals surface area (Å²) in [5.41, 5.74) is 0.408. The van der Waals surface area contributed by atoms with Gasteiger partial charge in [0.1, 0.15) is 6.33 Å². The number of anilines is 2. The van der Waals surface area contributed by atoms with Gasteiger partial charge in [-0.2, -0.15) is 0 Å². The lowest BCUT2D eigenvalue weighted by atomic mass is 9.65. The van der Waals surface area contributed by atoms with E-state index in [1.165, 1.54) is 6.33 Å². The maximum absolute atomic E-state index is 11.8. The summed E-state index contributed by atoms with van der Waals surface area (Å²) >= 11 is 0. The summed E-state index contributed by atoms with van der Waals surface area (Å²) in [5, 5.41) is 14.9. The van der Waals surface area contributed by atoms with E-state index >= 15 is 0 Å². The van der Waals surface area contributed by atoms with Crippen molar-refractivity contribution in [3.8, 4) is 0 Å². The molecule has 0 aromatic carbocycles. The summed E-state index contributed by atoms with van der Waals surface area (Å²) in [6.07, 6.45) is 5.41. The Morgan fingerprint density at radius 1 is 1.38 bits per heavy atom. The van der Waals surface area contributed by atoms with Gasteiger partial charge in [0.25, 0.3) is 0 Å². The lowest BCUT2D eigenvalue weighted by molar-refractivity contribution is -0.383. The summed E-state index contributed by atoms with van der Waals surface area (Å²) in [7, 11) is 1.64. The highest BCUT2D eigenvalue weighted by atomic mass is 16.6. The van der Waals surface area contributed by atoms with Crippen molar-refractivity contribution < 1.29 is 9.66 Å². The first-order chi connectivity index (χ1) is 12.2. The molecule has 1 aliphatic heterocycles. The van der Waals surface area contributed by atoms with Crippen LogP contribution in [-0.2, 0) is 4.74 Å². The third kappa shape index (κ3) is 3.75. The number of nitro groups is 1. The molecule has 1 saturated heterocycles. The molecule has 0 spiro atoms. The third-order valence-electron chi connectivity index (χ3n) is 5.49. The molecular formula is C18H29N5O3. The Labute approximate surface area is 154 Å². The smallest absolute Gasteiger partial charge is 0.353 e. The first-order valence-corrected chi connectivity index (χ1v) is 9.24. The minimum atomic E-state index is -0.357. The minimum absolute atomic E-state index is 0.0149. The summed E-state index contributed by atoms with van der Waals surface area (Å²) in [4.78, 5) is 22.1. The predicted octanol–water partition coefficient (Wildman–Crippen LogP) is 3.24. The van der Waals surface area contributed by atoms with Crippen molar-refractivity contribution in [2.24, 2.45) is 10.8 Å². The number of aromatic nitrogens is 2. The Hall–Kier alpha value is -1.96.